The molecule has 1 N–H and O–H groups in total. The van der Waals surface area contributed by atoms with E-state index in [1.54, 1.807) is 12.1 Å². The fourth-order valence-corrected chi connectivity index (χ4v) is 3.80. The Morgan fingerprint density at radius 3 is 2.42 bits per heavy atom. The number of piperidine rings is 1. The number of nitrogens with zero attached hydrogens (tertiary/aromatic N) is 3. The summed E-state index contributed by atoms with van der Waals surface area (Å²) in [6.45, 7) is 8.98. The van der Waals surface area contributed by atoms with Crippen LogP contribution in [0.5, 0.6) is 0 Å². The van der Waals surface area contributed by atoms with Crippen molar-refractivity contribution >= 4 is 5.97 Å². The van der Waals surface area contributed by atoms with Crippen LogP contribution in [0.3, 0.4) is 0 Å². The van der Waals surface area contributed by atoms with E-state index in [2.05, 4.69) is 21.7 Å². The monoisotopic (exact) mass is 331 g/mol. The van der Waals surface area contributed by atoms with Gasteiger partial charge in [-0.25, -0.2) is 4.79 Å². The van der Waals surface area contributed by atoms with Gasteiger partial charge in [0.1, 0.15) is 0 Å². The van der Waals surface area contributed by atoms with E-state index in [0.717, 1.165) is 44.2 Å². The minimum atomic E-state index is -0.847. The molecule has 2 aliphatic heterocycles. The molecule has 0 radical (unpaired) electrons. The molecule has 2 fully saturated rings. The van der Waals surface area contributed by atoms with E-state index >= 15 is 0 Å². The summed E-state index contributed by atoms with van der Waals surface area (Å²) in [6.07, 6.45) is 2.66. The number of hydrogen-bond donors (Lipinski definition) is 1. The van der Waals surface area contributed by atoms with E-state index in [9.17, 15) is 4.79 Å². The Morgan fingerprint density at radius 1 is 1.08 bits per heavy atom. The highest BCUT2D eigenvalue weighted by Crippen LogP contribution is 2.18. The summed E-state index contributed by atoms with van der Waals surface area (Å²) < 4.78 is 0. The van der Waals surface area contributed by atoms with Crippen LogP contribution in [0.2, 0.25) is 0 Å². The summed E-state index contributed by atoms with van der Waals surface area (Å²) in [5.41, 5.74) is 1.48. The molecule has 0 bridgehead atoms. The molecule has 0 aliphatic carbocycles. The average molecular weight is 331 g/mol. The van der Waals surface area contributed by atoms with Gasteiger partial charge in [0.15, 0.2) is 0 Å². The van der Waals surface area contributed by atoms with E-state index < -0.39 is 5.97 Å². The van der Waals surface area contributed by atoms with Crippen LogP contribution in [0.4, 0.5) is 0 Å². The average Bonchev–Trinajstić information content (AvgIpc) is 2.59. The fraction of sp³-hybridized carbons (Fsp3) is 0.632. The number of benzene rings is 1. The van der Waals surface area contributed by atoms with Crippen molar-refractivity contribution in [2.45, 2.75) is 19.4 Å². The van der Waals surface area contributed by atoms with Crippen LogP contribution >= 0.6 is 0 Å². The lowest BCUT2D eigenvalue weighted by atomic mass is 9.96. The Hall–Kier alpha value is -1.43. The lowest BCUT2D eigenvalue weighted by Crippen LogP contribution is -2.48. The number of carboxylic acid groups (broad SMARTS) is 1. The second-order valence-corrected chi connectivity index (χ2v) is 7.33. The van der Waals surface area contributed by atoms with E-state index in [0.29, 0.717) is 5.56 Å². The minimum Gasteiger partial charge on any atom is -0.478 e. The molecule has 5 nitrogen and oxygen atoms in total. The number of hydrogen-bond acceptors (Lipinski definition) is 4. The standard InChI is InChI=1S/C19H29N3O2/c1-20-7-5-16(6-8-20)14-21-9-11-22(12-10-21)15-17-3-2-4-18(13-17)19(23)24/h2-4,13,16H,5-12,14-15H2,1H3,(H,23,24). The first kappa shape index (κ1) is 17.4. The molecule has 0 aromatic heterocycles. The van der Waals surface area contributed by atoms with Gasteiger partial charge in [-0.05, 0) is 56.6 Å². The number of rotatable bonds is 5. The minimum absolute atomic E-state index is 0.383. The van der Waals surface area contributed by atoms with E-state index in [-0.39, 0.29) is 0 Å². The molecule has 0 atom stereocenters. The van der Waals surface area contributed by atoms with Crippen molar-refractivity contribution in [3.63, 3.8) is 0 Å². The van der Waals surface area contributed by atoms with Gasteiger partial charge in [0, 0.05) is 39.3 Å². The third-order valence-corrected chi connectivity index (χ3v) is 5.40. The van der Waals surface area contributed by atoms with Crippen LogP contribution in [0.25, 0.3) is 0 Å². The molecular formula is C19H29N3O2. The molecular weight excluding hydrogens is 302 g/mol. The molecule has 3 rings (SSSR count). The highest BCUT2D eigenvalue weighted by Gasteiger charge is 2.22. The van der Waals surface area contributed by atoms with Gasteiger partial charge in [0.25, 0.3) is 0 Å². The molecule has 0 amide bonds. The second-order valence-electron chi connectivity index (χ2n) is 7.33. The van der Waals surface area contributed by atoms with Crippen molar-refractivity contribution in [2.24, 2.45) is 5.92 Å². The Bertz CT molecular complexity index is 547. The number of piperazine rings is 1. The number of likely N-dealkylation sites (tertiary alicyclic amines) is 1. The molecule has 2 saturated heterocycles. The fourth-order valence-electron chi connectivity index (χ4n) is 3.80. The van der Waals surface area contributed by atoms with Crippen molar-refractivity contribution in [3.05, 3.63) is 35.4 Å². The molecule has 1 aromatic carbocycles. The Kier molecular flexibility index (Phi) is 5.87. The van der Waals surface area contributed by atoms with Gasteiger partial charge in [-0.3, -0.25) is 4.90 Å². The van der Waals surface area contributed by atoms with Crippen LogP contribution in [0, 0.1) is 5.92 Å². The number of carbonyl (C=O) groups is 1. The van der Waals surface area contributed by atoms with Crippen molar-refractivity contribution in [3.8, 4) is 0 Å². The molecule has 2 aliphatic rings. The van der Waals surface area contributed by atoms with Gasteiger partial charge < -0.3 is 14.9 Å². The maximum absolute atomic E-state index is 11.1. The summed E-state index contributed by atoms with van der Waals surface area (Å²) in [7, 11) is 2.22. The summed E-state index contributed by atoms with van der Waals surface area (Å²) >= 11 is 0. The van der Waals surface area contributed by atoms with Crippen LogP contribution in [-0.2, 0) is 6.54 Å². The second kappa shape index (κ2) is 8.10. The van der Waals surface area contributed by atoms with Gasteiger partial charge in [-0.2, -0.15) is 0 Å². The van der Waals surface area contributed by atoms with Crippen LogP contribution in [0.15, 0.2) is 24.3 Å². The lowest BCUT2D eigenvalue weighted by Gasteiger charge is -2.38. The lowest BCUT2D eigenvalue weighted by molar-refractivity contribution is 0.0696. The molecule has 5 heteroatoms. The van der Waals surface area contributed by atoms with Gasteiger partial charge in [0.2, 0.25) is 0 Å². The predicted octanol–water partition coefficient (Wildman–Crippen LogP) is 1.84. The first-order chi connectivity index (χ1) is 11.6. The quantitative estimate of drug-likeness (QED) is 0.892. The number of carboxylic acids is 1. The summed E-state index contributed by atoms with van der Waals surface area (Å²) in [4.78, 5) is 18.6. The SMILES string of the molecule is CN1CCC(CN2CCN(Cc3cccc(C(=O)O)c3)CC2)CC1. The third kappa shape index (κ3) is 4.79. The normalized spacial score (nSPS) is 21.9. The molecule has 24 heavy (non-hydrogen) atoms. The third-order valence-electron chi connectivity index (χ3n) is 5.40. The molecule has 0 spiro atoms. The van der Waals surface area contributed by atoms with E-state index in [1.165, 1.54) is 32.5 Å². The summed E-state index contributed by atoms with van der Waals surface area (Å²) in [5.74, 6) is 0.0137. The zero-order chi connectivity index (χ0) is 16.9. The van der Waals surface area contributed by atoms with Gasteiger partial charge >= 0.3 is 5.97 Å². The van der Waals surface area contributed by atoms with Gasteiger partial charge in [0.05, 0.1) is 5.56 Å². The highest BCUT2D eigenvalue weighted by molar-refractivity contribution is 5.87. The maximum Gasteiger partial charge on any atom is 0.335 e. The number of aromatic carboxylic acids is 1. The summed E-state index contributed by atoms with van der Waals surface area (Å²) in [5, 5.41) is 9.10. The highest BCUT2D eigenvalue weighted by atomic mass is 16.4. The van der Waals surface area contributed by atoms with Crippen LogP contribution in [0.1, 0.15) is 28.8 Å². The topological polar surface area (TPSA) is 47.0 Å². The van der Waals surface area contributed by atoms with Crippen LogP contribution < -0.4 is 0 Å². The molecule has 1 aromatic rings. The molecule has 132 valence electrons. The smallest absolute Gasteiger partial charge is 0.335 e. The predicted molar refractivity (Wildman–Crippen MR) is 95.3 cm³/mol. The van der Waals surface area contributed by atoms with Crippen molar-refractivity contribution < 1.29 is 9.90 Å². The van der Waals surface area contributed by atoms with E-state index in [4.69, 9.17) is 5.11 Å². The van der Waals surface area contributed by atoms with Crippen molar-refractivity contribution in [1.29, 1.82) is 0 Å². The zero-order valence-corrected chi connectivity index (χ0v) is 14.7. The summed E-state index contributed by atoms with van der Waals surface area (Å²) in [6, 6.07) is 7.32. The Morgan fingerprint density at radius 2 is 1.75 bits per heavy atom. The molecule has 0 saturated carbocycles. The Balaban J connectivity index is 1.43. The van der Waals surface area contributed by atoms with E-state index in [1.807, 2.05) is 12.1 Å². The first-order valence-corrected chi connectivity index (χ1v) is 9.05. The van der Waals surface area contributed by atoms with Crippen molar-refractivity contribution in [1.82, 2.24) is 14.7 Å². The molecule has 2 heterocycles. The first-order valence-electron chi connectivity index (χ1n) is 9.05. The molecule has 0 unspecified atom stereocenters. The Labute approximate surface area is 144 Å². The maximum atomic E-state index is 11.1. The van der Waals surface area contributed by atoms with Gasteiger partial charge in [-0.1, -0.05) is 12.1 Å². The largest absolute Gasteiger partial charge is 0.478 e. The van der Waals surface area contributed by atoms with Crippen LogP contribution in [-0.4, -0.2) is 78.6 Å². The van der Waals surface area contributed by atoms with Gasteiger partial charge in [-0.15, -0.1) is 0 Å². The zero-order valence-electron chi connectivity index (χ0n) is 14.7. The van der Waals surface area contributed by atoms with Crippen molar-refractivity contribution in [2.75, 3.05) is 52.9 Å².